The standard InChI is InChI=1S/C20H28N4O2.C2HF3O2/c1-14(2)23(3)13-19(25)24-11-9-17-18(10-12-24)21-22-20(17)15-5-7-16(26-4)8-6-15;3-2(4,5)1(6)7/h5-8,14H,9-13H2,1-4H3,(H,21,22);(H,6,7). The van der Waals surface area contributed by atoms with Crippen molar-refractivity contribution in [1.82, 2.24) is 20.0 Å². The van der Waals surface area contributed by atoms with E-state index in [4.69, 9.17) is 14.6 Å². The zero-order valence-electron chi connectivity index (χ0n) is 19.1. The van der Waals surface area contributed by atoms with Crippen LogP contribution in [0.2, 0.25) is 0 Å². The number of ether oxygens (including phenoxy) is 1. The molecule has 1 aliphatic heterocycles. The van der Waals surface area contributed by atoms with Gasteiger partial charge in [-0.15, -0.1) is 0 Å². The second kappa shape index (κ2) is 11.2. The van der Waals surface area contributed by atoms with Crippen molar-refractivity contribution in [3.05, 3.63) is 35.5 Å². The number of benzene rings is 1. The molecule has 2 heterocycles. The highest BCUT2D eigenvalue weighted by molar-refractivity contribution is 5.78. The average molecular weight is 470 g/mol. The van der Waals surface area contributed by atoms with Gasteiger partial charge in [-0.2, -0.15) is 18.3 Å². The third-order valence-electron chi connectivity index (χ3n) is 5.44. The van der Waals surface area contributed by atoms with Gasteiger partial charge in [0.15, 0.2) is 0 Å². The first-order chi connectivity index (χ1) is 15.4. The minimum Gasteiger partial charge on any atom is -0.497 e. The number of hydrogen-bond donors (Lipinski definition) is 2. The summed E-state index contributed by atoms with van der Waals surface area (Å²) in [5, 5.41) is 14.8. The summed E-state index contributed by atoms with van der Waals surface area (Å²) in [5.41, 5.74) is 4.42. The van der Waals surface area contributed by atoms with E-state index in [1.807, 2.05) is 36.2 Å². The van der Waals surface area contributed by atoms with Gasteiger partial charge in [0.05, 0.1) is 19.3 Å². The summed E-state index contributed by atoms with van der Waals surface area (Å²) in [4.78, 5) is 25.6. The molecule has 0 radical (unpaired) electrons. The van der Waals surface area contributed by atoms with Crippen LogP contribution in [-0.4, -0.2) is 83.0 Å². The molecule has 0 atom stereocenters. The monoisotopic (exact) mass is 470 g/mol. The van der Waals surface area contributed by atoms with Gasteiger partial charge in [0.25, 0.3) is 0 Å². The Morgan fingerprint density at radius 1 is 1.21 bits per heavy atom. The topological polar surface area (TPSA) is 98.8 Å². The third-order valence-corrected chi connectivity index (χ3v) is 5.44. The fraction of sp³-hybridized carbons (Fsp3) is 0.500. The van der Waals surface area contributed by atoms with Gasteiger partial charge >= 0.3 is 12.1 Å². The number of amides is 1. The maximum Gasteiger partial charge on any atom is 0.490 e. The molecule has 8 nitrogen and oxygen atoms in total. The van der Waals surface area contributed by atoms with Crippen LogP contribution >= 0.6 is 0 Å². The van der Waals surface area contributed by atoms with Crippen LogP contribution < -0.4 is 4.74 Å². The molecule has 1 aromatic heterocycles. The number of nitrogens with one attached hydrogen (secondary N) is 1. The zero-order valence-corrected chi connectivity index (χ0v) is 19.1. The van der Waals surface area contributed by atoms with Crippen LogP contribution in [0.15, 0.2) is 24.3 Å². The molecule has 33 heavy (non-hydrogen) atoms. The third kappa shape index (κ3) is 7.21. The first-order valence-electron chi connectivity index (χ1n) is 10.4. The highest BCUT2D eigenvalue weighted by atomic mass is 19.4. The molecule has 1 aromatic carbocycles. The molecule has 11 heteroatoms. The fourth-order valence-corrected chi connectivity index (χ4v) is 3.22. The van der Waals surface area contributed by atoms with Crippen LogP contribution in [0.25, 0.3) is 11.3 Å². The number of aromatic nitrogens is 2. The molecule has 2 N–H and O–H groups in total. The SMILES string of the molecule is COc1ccc(-c2n[nH]c3c2CCN(C(=O)CN(C)C(C)C)CC3)cc1.O=C(O)C(F)(F)F. The first kappa shape index (κ1) is 26.2. The number of likely N-dealkylation sites (N-methyl/N-ethyl adjacent to an activating group) is 1. The molecule has 2 aromatic rings. The van der Waals surface area contributed by atoms with Crippen LogP contribution in [0.4, 0.5) is 13.2 Å². The lowest BCUT2D eigenvalue weighted by molar-refractivity contribution is -0.192. The lowest BCUT2D eigenvalue weighted by Crippen LogP contribution is -2.42. The molecule has 0 saturated carbocycles. The smallest absolute Gasteiger partial charge is 0.490 e. The average Bonchev–Trinajstić information content (AvgIpc) is 3.04. The number of nitrogens with zero attached hydrogens (tertiary/aromatic N) is 3. The Balaban J connectivity index is 0.000000479. The molecule has 0 saturated heterocycles. The maximum absolute atomic E-state index is 12.6. The Morgan fingerprint density at radius 3 is 2.30 bits per heavy atom. The van der Waals surface area contributed by atoms with E-state index in [0.717, 1.165) is 48.6 Å². The molecular formula is C22H29F3N4O4. The number of carboxylic acid groups (broad SMARTS) is 1. The number of aliphatic carboxylic acids is 1. The summed E-state index contributed by atoms with van der Waals surface area (Å²) >= 11 is 0. The number of H-pyrrole nitrogens is 1. The number of aromatic amines is 1. The zero-order chi connectivity index (χ0) is 24.8. The van der Waals surface area contributed by atoms with Crippen molar-refractivity contribution in [3.63, 3.8) is 0 Å². The number of carboxylic acids is 1. The maximum atomic E-state index is 12.6. The van der Waals surface area contributed by atoms with Gasteiger partial charge < -0.3 is 14.7 Å². The number of hydrogen-bond acceptors (Lipinski definition) is 5. The largest absolute Gasteiger partial charge is 0.497 e. The minimum absolute atomic E-state index is 0.199. The van der Waals surface area contributed by atoms with E-state index in [2.05, 4.69) is 28.9 Å². The fourth-order valence-electron chi connectivity index (χ4n) is 3.22. The molecule has 1 aliphatic rings. The number of halogens is 3. The van der Waals surface area contributed by atoms with Crippen LogP contribution in [0.5, 0.6) is 5.75 Å². The van der Waals surface area contributed by atoms with Crippen molar-refractivity contribution < 1.29 is 32.6 Å². The van der Waals surface area contributed by atoms with E-state index in [1.54, 1.807) is 7.11 Å². The van der Waals surface area contributed by atoms with Gasteiger partial charge in [-0.3, -0.25) is 14.8 Å². The van der Waals surface area contributed by atoms with E-state index < -0.39 is 12.1 Å². The van der Waals surface area contributed by atoms with E-state index >= 15 is 0 Å². The lowest BCUT2D eigenvalue weighted by atomic mass is 10.0. The van der Waals surface area contributed by atoms with Crippen LogP contribution in [0.1, 0.15) is 25.1 Å². The lowest BCUT2D eigenvalue weighted by Gasteiger charge is -2.26. The molecule has 0 unspecified atom stereocenters. The first-order valence-corrected chi connectivity index (χ1v) is 10.4. The summed E-state index contributed by atoms with van der Waals surface area (Å²) in [6.45, 7) is 6.15. The second-order valence-electron chi connectivity index (χ2n) is 7.95. The van der Waals surface area contributed by atoms with Crippen LogP contribution in [0, 0.1) is 0 Å². The van der Waals surface area contributed by atoms with Crippen molar-refractivity contribution >= 4 is 11.9 Å². The Kier molecular flexibility index (Phi) is 8.86. The van der Waals surface area contributed by atoms with Gasteiger partial charge in [-0.25, -0.2) is 4.79 Å². The summed E-state index contributed by atoms with van der Waals surface area (Å²) < 4.78 is 37.0. The number of carbonyl (C=O) groups is 2. The van der Waals surface area contributed by atoms with Gasteiger partial charge in [0.2, 0.25) is 5.91 Å². The summed E-state index contributed by atoms with van der Waals surface area (Å²) in [7, 11) is 3.66. The minimum atomic E-state index is -5.08. The second-order valence-corrected chi connectivity index (χ2v) is 7.95. The van der Waals surface area contributed by atoms with Gasteiger partial charge in [-0.05, 0) is 51.6 Å². The molecule has 0 bridgehead atoms. The predicted octanol–water partition coefficient (Wildman–Crippen LogP) is 2.99. The Morgan fingerprint density at radius 2 is 1.79 bits per heavy atom. The number of methoxy groups -OCH3 is 1. The normalized spacial score (nSPS) is 13.8. The highest BCUT2D eigenvalue weighted by Crippen LogP contribution is 2.28. The number of rotatable bonds is 5. The van der Waals surface area contributed by atoms with E-state index in [1.165, 1.54) is 5.56 Å². The Hall–Kier alpha value is -3.08. The number of alkyl halides is 3. The number of carbonyl (C=O) groups excluding carboxylic acids is 1. The molecule has 3 rings (SSSR count). The van der Waals surface area contributed by atoms with Crippen molar-refractivity contribution in [3.8, 4) is 17.0 Å². The molecule has 0 fully saturated rings. The van der Waals surface area contributed by atoms with Crippen molar-refractivity contribution in [2.45, 2.75) is 38.9 Å². The van der Waals surface area contributed by atoms with Gasteiger partial charge in [0.1, 0.15) is 5.75 Å². The van der Waals surface area contributed by atoms with E-state index in [9.17, 15) is 18.0 Å². The van der Waals surface area contributed by atoms with E-state index in [-0.39, 0.29) is 5.91 Å². The highest BCUT2D eigenvalue weighted by Gasteiger charge is 2.38. The van der Waals surface area contributed by atoms with Crippen LogP contribution in [-0.2, 0) is 22.4 Å². The number of fused-ring (bicyclic) bond motifs is 1. The van der Waals surface area contributed by atoms with Crippen molar-refractivity contribution in [2.75, 3.05) is 33.8 Å². The summed E-state index contributed by atoms with van der Waals surface area (Å²) in [6.07, 6.45) is -3.44. The van der Waals surface area contributed by atoms with Gasteiger partial charge in [-0.1, -0.05) is 0 Å². The van der Waals surface area contributed by atoms with E-state index in [0.29, 0.717) is 12.6 Å². The molecule has 182 valence electrons. The predicted molar refractivity (Wildman–Crippen MR) is 116 cm³/mol. The Labute approximate surface area is 190 Å². The molecular weight excluding hydrogens is 441 g/mol. The Bertz CT molecular complexity index is 942. The van der Waals surface area contributed by atoms with Crippen LogP contribution in [0.3, 0.4) is 0 Å². The molecule has 0 spiro atoms. The van der Waals surface area contributed by atoms with Crippen molar-refractivity contribution in [1.29, 1.82) is 0 Å². The summed E-state index contributed by atoms with van der Waals surface area (Å²) in [6, 6.07) is 8.32. The summed E-state index contributed by atoms with van der Waals surface area (Å²) in [5.74, 6) is -1.72. The van der Waals surface area contributed by atoms with Crippen molar-refractivity contribution in [2.24, 2.45) is 0 Å². The molecule has 0 aliphatic carbocycles. The quantitative estimate of drug-likeness (QED) is 0.697. The molecule has 1 amide bonds. The van der Waals surface area contributed by atoms with Gasteiger partial charge in [0, 0.05) is 42.4 Å².